The van der Waals surface area contributed by atoms with Crippen LogP contribution in [-0.4, -0.2) is 28.5 Å². The number of aliphatic hydroxyl groups is 1. The van der Waals surface area contributed by atoms with Gasteiger partial charge in [-0.05, 0) is 60.5 Å². The number of aliphatic hydroxyl groups excluding tert-OH is 1. The Morgan fingerprint density at radius 2 is 1.94 bits per heavy atom. The maximum Gasteiger partial charge on any atom is 0.296 e. The van der Waals surface area contributed by atoms with E-state index >= 15 is 0 Å². The lowest BCUT2D eigenvalue weighted by molar-refractivity contribution is -0.140. The molecule has 1 atom stereocenters. The topological polar surface area (TPSA) is 89.2 Å². The molecule has 3 aromatic rings. The normalized spacial score (nSPS) is 19.1. The van der Waals surface area contributed by atoms with Crippen LogP contribution in [0.4, 0.5) is 4.39 Å². The van der Waals surface area contributed by atoms with Gasteiger partial charge < -0.3 is 23.9 Å². The predicted octanol–water partition coefficient (Wildman–Crippen LogP) is 4.08. The van der Waals surface area contributed by atoms with Crippen molar-refractivity contribution in [3.63, 3.8) is 0 Å². The smallest absolute Gasteiger partial charge is 0.296 e. The van der Waals surface area contributed by atoms with Crippen LogP contribution >= 0.6 is 0 Å². The molecule has 0 saturated carbocycles. The molecule has 5 rings (SSSR count). The van der Waals surface area contributed by atoms with E-state index < -0.39 is 23.5 Å². The van der Waals surface area contributed by atoms with Crippen molar-refractivity contribution >= 4 is 17.4 Å². The van der Waals surface area contributed by atoms with Crippen molar-refractivity contribution in [2.24, 2.45) is 0 Å². The molecular formula is C24H18FNO6. The average Bonchev–Trinajstić information content (AvgIpc) is 3.52. The summed E-state index contributed by atoms with van der Waals surface area (Å²) in [5.41, 5.74) is 1.14. The first kappa shape index (κ1) is 19.9. The highest BCUT2D eigenvalue weighted by Crippen LogP contribution is 2.41. The van der Waals surface area contributed by atoms with E-state index in [9.17, 15) is 19.1 Å². The number of fused-ring (bicyclic) bond motifs is 1. The summed E-state index contributed by atoms with van der Waals surface area (Å²) < 4.78 is 30.0. The Hall–Kier alpha value is -4.07. The summed E-state index contributed by atoms with van der Waals surface area (Å²) in [5.74, 6) is -0.963. The highest BCUT2D eigenvalue weighted by molar-refractivity contribution is 6.46. The average molecular weight is 435 g/mol. The molecule has 1 fully saturated rings. The number of rotatable bonds is 4. The van der Waals surface area contributed by atoms with Gasteiger partial charge in [-0.15, -0.1) is 0 Å². The highest BCUT2D eigenvalue weighted by atomic mass is 19.1. The molecule has 2 aliphatic rings. The van der Waals surface area contributed by atoms with Crippen molar-refractivity contribution < 1.29 is 33.0 Å². The number of benzene rings is 2. The number of likely N-dealkylation sites (tertiary alicyclic amines) is 1. The standard InChI is InChI=1S/C24H18FNO6/c1-13-9-15(5-6-16(13)25)22(27)20-21(18-3-2-8-30-18)26(24(29)23(20)28)11-14-4-7-17-19(10-14)32-12-31-17/h2-10,21,27H,11-12H2,1H3/b22-20-. The maximum absolute atomic E-state index is 13.7. The number of furan rings is 1. The number of hydrogen-bond donors (Lipinski definition) is 1. The summed E-state index contributed by atoms with van der Waals surface area (Å²) in [4.78, 5) is 27.3. The number of hydrogen-bond acceptors (Lipinski definition) is 6. The Labute approximate surface area is 182 Å². The van der Waals surface area contributed by atoms with Crippen molar-refractivity contribution in [2.75, 3.05) is 6.79 Å². The molecule has 1 saturated heterocycles. The molecule has 0 spiro atoms. The fourth-order valence-electron chi connectivity index (χ4n) is 3.97. The maximum atomic E-state index is 13.7. The lowest BCUT2D eigenvalue weighted by Gasteiger charge is -2.23. The molecule has 32 heavy (non-hydrogen) atoms. The number of ketones is 1. The Bertz CT molecular complexity index is 1260. The second-order valence-corrected chi connectivity index (χ2v) is 7.59. The number of amides is 1. The molecule has 0 bridgehead atoms. The molecule has 0 radical (unpaired) electrons. The number of aryl methyl sites for hydroxylation is 1. The molecule has 2 aromatic carbocycles. The van der Waals surface area contributed by atoms with E-state index in [0.717, 1.165) is 0 Å². The molecule has 1 amide bonds. The third kappa shape index (κ3) is 3.20. The van der Waals surface area contributed by atoms with Crippen molar-refractivity contribution in [1.29, 1.82) is 0 Å². The van der Waals surface area contributed by atoms with Crippen LogP contribution in [0, 0.1) is 12.7 Å². The molecule has 7 nitrogen and oxygen atoms in total. The monoisotopic (exact) mass is 435 g/mol. The molecule has 8 heteroatoms. The van der Waals surface area contributed by atoms with E-state index in [4.69, 9.17) is 13.9 Å². The van der Waals surface area contributed by atoms with Crippen LogP contribution in [0.5, 0.6) is 11.5 Å². The molecular weight excluding hydrogens is 417 g/mol. The number of Topliss-reactive ketones (excluding diaryl/α,β-unsaturated/α-hetero) is 1. The van der Waals surface area contributed by atoms with Crippen LogP contribution in [-0.2, 0) is 16.1 Å². The van der Waals surface area contributed by atoms with Gasteiger partial charge in [-0.1, -0.05) is 6.07 Å². The van der Waals surface area contributed by atoms with Gasteiger partial charge in [0.25, 0.3) is 11.7 Å². The summed E-state index contributed by atoms with van der Waals surface area (Å²) in [6.45, 7) is 1.74. The van der Waals surface area contributed by atoms with E-state index in [-0.39, 0.29) is 30.2 Å². The zero-order chi connectivity index (χ0) is 22.4. The minimum atomic E-state index is -0.944. The summed E-state index contributed by atoms with van der Waals surface area (Å²) in [5, 5.41) is 11.0. The van der Waals surface area contributed by atoms with Gasteiger partial charge in [0.05, 0.1) is 11.8 Å². The molecule has 1 N–H and O–H groups in total. The second kappa shape index (κ2) is 7.56. The van der Waals surface area contributed by atoms with Gasteiger partial charge in [-0.25, -0.2) is 4.39 Å². The first-order valence-corrected chi connectivity index (χ1v) is 9.91. The van der Waals surface area contributed by atoms with Gasteiger partial charge in [0.2, 0.25) is 6.79 Å². The predicted molar refractivity (Wildman–Crippen MR) is 110 cm³/mol. The van der Waals surface area contributed by atoms with Gasteiger partial charge in [-0.3, -0.25) is 9.59 Å². The Kier molecular flexibility index (Phi) is 4.70. The van der Waals surface area contributed by atoms with Gasteiger partial charge in [-0.2, -0.15) is 0 Å². The Morgan fingerprint density at radius 1 is 1.12 bits per heavy atom. The number of ether oxygens (including phenoxy) is 2. The van der Waals surface area contributed by atoms with Crippen molar-refractivity contribution in [3.8, 4) is 11.5 Å². The third-order valence-corrected chi connectivity index (χ3v) is 5.57. The van der Waals surface area contributed by atoms with Gasteiger partial charge in [0.15, 0.2) is 11.5 Å². The van der Waals surface area contributed by atoms with Crippen molar-refractivity contribution in [2.45, 2.75) is 19.5 Å². The molecule has 1 aromatic heterocycles. The second-order valence-electron chi connectivity index (χ2n) is 7.59. The fraction of sp³-hybridized carbons (Fsp3) is 0.167. The molecule has 1 unspecified atom stereocenters. The first-order valence-electron chi connectivity index (χ1n) is 9.91. The van der Waals surface area contributed by atoms with E-state index in [0.29, 0.717) is 28.4 Å². The van der Waals surface area contributed by atoms with E-state index in [1.165, 1.54) is 29.4 Å². The number of nitrogens with zero attached hydrogens (tertiary/aromatic N) is 1. The lowest BCUT2D eigenvalue weighted by atomic mass is 9.98. The van der Waals surface area contributed by atoms with Crippen LogP contribution in [0.3, 0.4) is 0 Å². The third-order valence-electron chi connectivity index (χ3n) is 5.57. The number of halogens is 1. The Morgan fingerprint density at radius 3 is 2.69 bits per heavy atom. The molecule has 162 valence electrons. The minimum Gasteiger partial charge on any atom is -0.507 e. The highest BCUT2D eigenvalue weighted by Gasteiger charge is 2.47. The van der Waals surface area contributed by atoms with Crippen LogP contribution in [0.25, 0.3) is 5.76 Å². The van der Waals surface area contributed by atoms with Gasteiger partial charge in [0.1, 0.15) is 23.4 Å². The quantitative estimate of drug-likeness (QED) is 0.377. The summed E-state index contributed by atoms with van der Waals surface area (Å²) >= 11 is 0. The molecule has 3 heterocycles. The Balaban J connectivity index is 1.59. The summed E-state index contributed by atoms with van der Waals surface area (Å²) in [6, 6.07) is 11.6. The van der Waals surface area contributed by atoms with E-state index in [2.05, 4.69) is 0 Å². The largest absolute Gasteiger partial charge is 0.507 e. The van der Waals surface area contributed by atoms with Crippen LogP contribution < -0.4 is 9.47 Å². The molecule has 2 aliphatic heterocycles. The van der Waals surface area contributed by atoms with E-state index in [1.54, 1.807) is 37.3 Å². The van der Waals surface area contributed by atoms with Crippen LogP contribution in [0.1, 0.15) is 28.5 Å². The van der Waals surface area contributed by atoms with Gasteiger partial charge in [0, 0.05) is 12.1 Å². The summed E-state index contributed by atoms with van der Waals surface area (Å²) in [7, 11) is 0. The first-order chi connectivity index (χ1) is 15.4. The fourth-order valence-corrected chi connectivity index (χ4v) is 3.97. The zero-order valence-electron chi connectivity index (χ0n) is 17.0. The number of carbonyl (C=O) groups is 2. The zero-order valence-corrected chi connectivity index (χ0v) is 17.0. The summed E-state index contributed by atoms with van der Waals surface area (Å²) in [6.07, 6.45) is 1.43. The van der Waals surface area contributed by atoms with E-state index in [1.807, 2.05) is 0 Å². The van der Waals surface area contributed by atoms with Gasteiger partial charge >= 0.3 is 0 Å². The number of carbonyl (C=O) groups excluding carboxylic acids is 2. The van der Waals surface area contributed by atoms with Crippen molar-refractivity contribution in [1.82, 2.24) is 4.90 Å². The van der Waals surface area contributed by atoms with Crippen LogP contribution in [0.15, 0.2) is 64.8 Å². The lowest BCUT2D eigenvalue weighted by Crippen LogP contribution is -2.29. The van der Waals surface area contributed by atoms with Crippen molar-refractivity contribution in [3.05, 3.63) is 88.6 Å². The van der Waals surface area contributed by atoms with Crippen LogP contribution in [0.2, 0.25) is 0 Å². The molecule has 0 aliphatic carbocycles. The SMILES string of the molecule is Cc1cc(/C(O)=C2/C(=O)C(=O)N(Cc3ccc4c(c3)OCO4)C2c2ccco2)ccc1F. The minimum absolute atomic E-state index is 0.0752.